The molecule has 1 amide bonds. The van der Waals surface area contributed by atoms with Crippen LogP contribution in [0.5, 0.6) is 5.75 Å². The van der Waals surface area contributed by atoms with Crippen LogP contribution in [0.4, 0.5) is 5.13 Å². The lowest BCUT2D eigenvalue weighted by Gasteiger charge is -2.14. The molecule has 0 spiro atoms. The third kappa shape index (κ3) is 4.36. The van der Waals surface area contributed by atoms with E-state index in [1.807, 2.05) is 61.5 Å². The van der Waals surface area contributed by atoms with E-state index in [1.165, 1.54) is 16.3 Å². The summed E-state index contributed by atoms with van der Waals surface area (Å²) < 4.78 is 7.08. The monoisotopic (exact) mass is 527 g/mol. The molecule has 0 aliphatic rings. The van der Waals surface area contributed by atoms with Crippen molar-refractivity contribution in [1.29, 1.82) is 0 Å². The molecule has 1 aromatic heterocycles. The quantitative estimate of drug-likeness (QED) is 0.185. The molecule has 1 heterocycles. The van der Waals surface area contributed by atoms with Crippen LogP contribution >= 0.6 is 33.9 Å². The number of amides is 1. The van der Waals surface area contributed by atoms with Crippen LogP contribution in [0.3, 0.4) is 0 Å². The first kappa shape index (κ1) is 20.5. The van der Waals surface area contributed by atoms with Gasteiger partial charge >= 0.3 is 0 Å². The SMILES string of the molecule is COc1ccc(/C=N/N(C(=O)c2ccccc2I)c2nc3ccc(C)cc3s2)cc1. The fourth-order valence-electron chi connectivity index (χ4n) is 2.86. The number of halogens is 1. The van der Waals surface area contributed by atoms with Gasteiger partial charge in [0.2, 0.25) is 5.13 Å². The lowest BCUT2D eigenvalue weighted by Crippen LogP contribution is -2.26. The molecule has 4 aromatic rings. The minimum atomic E-state index is -0.222. The molecule has 0 radical (unpaired) electrons. The second kappa shape index (κ2) is 8.93. The maximum absolute atomic E-state index is 13.4. The molecule has 0 saturated heterocycles. The molecule has 150 valence electrons. The number of aromatic nitrogens is 1. The summed E-state index contributed by atoms with van der Waals surface area (Å²) in [5.74, 6) is 0.543. The van der Waals surface area contributed by atoms with Gasteiger partial charge in [-0.15, -0.1) is 0 Å². The molecular formula is C23H18IN3O2S. The molecule has 0 bridgehead atoms. The number of nitrogens with zero attached hydrogens (tertiary/aromatic N) is 3. The minimum absolute atomic E-state index is 0.222. The number of ether oxygens (including phenoxy) is 1. The van der Waals surface area contributed by atoms with Gasteiger partial charge in [-0.3, -0.25) is 4.79 Å². The number of methoxy groups -OCH3 is 1. The Morgan fingerprint density at radius 3 is 2.63 bits per heavy atom. The Kier molecular flexibility index (Phi) is 6.10. The second-order valence-electron chi connectivity index (χ2n) is 6.58. The van der Waals surface area contributed by atoms with E-state index in [9.17, 15) is 4.79 Å². The number of carbonyl (C=O) groups is 1. The molecule has 5 nitrogen and oxygen atoms in total. The van der Waals surface area contributed by atoms with E-state index < -0.39 is 0 Å². The van der Waals surface area contributed by atoms with E-state index >= 15 is 0 Å². The maximum atomic E-state index is 13.4. The maximum Gasteiger partial charge on any atom is 0.281 e. The summed E-state index contributed by atoms with van der Waals surface area (Å²) in [5.41, 5.74) is 3.43. The van der Waals surface area contributed by atoms with Gasteiger partial charge in [0.05, 0.1) is 29.1 Å². The van der Waals surface area contributed by atoms with Gasteiger partial charge in [-0.1, -0.05) is 29.5 Å². The van der Waals surface area contributed by atoms with Crippen molar-refractivity contribution >= 4 is 61.4 Å². The van der Waals surface area contributed by atoms with Gasteiger partial charge in [0.1, 0.15) is 5.75 Å². The van der Waals surface area contributed by atoms with Crippen molar-refractivity contribution in [3.05, 3.63) is 87.0 Å². The summed E-state index contributed by atoms with van der Waals surface area (Å²) in [6.45, 7) is 2.04. The summed E-state index contributed by atoms with van der Waals surface area (Å²) in [4.78, 5) is 18.0. The van der Waals surface area contributed by atoms with Gasteiger partial charge < -0.3 is 4.74 Å². The minimum Gasteiger partial charge on any atom is -0.497 e. The average molecular weight is 527 g/mol. The van der Waals surface area contributed by atoms with Gasteiger partial charge in [-0.05, 0) is 89.2 Å². The lowest BCUT2D eigenvalue weighted by molar-refractivity contribution is 0.0987. The number of hydrogen-bond donors (Lipinski definition) is 0. The van der Waals surface area contributed by atoms with Crippen molar-refractivity contribution in [2.75, 3.05) is 12.1 Å². The Morgan fingerprint density at radius 2 is 1.90 bits per heavy atom. The molecular weight excluding hydrogens is 509 g/mol. The summed E-state index contributed by atoms with van der Waals surface area (Å²) in [6, 6.07) is 21.0. The highest BCUT2D eigenvalue weighted by Crippen LogP contribution is 2.31. The number of hydrogen-bond acceptors (Lipinski definition) is 5. The summed E-state index contributed by atoms with van der Waals surface area (Å²) in [6.07, 6.45) is 1.66. The molecule has 7 heteroatoms. The predicted octanol–water partition coefficient (Wildman–Crippen LogP) is 5.90. The molecule has 0 aliphatic carbocycles. The molecule has 3 aromatic carbocycles. The van der Waals surface area contributed by atoms with Crippen molar-refractivity contribution in [2.24, 2.45) is 5.10 Å². The third-order valence-electron chi connectivity index (χ3n) is 4.45. The van der Waals surface area contributed by atoms with Crippen LogP contribution in [0.1, 0.15) is 21.5 Å². The first-order chi connectivity index (χ1) is 14.5. The van der Waals surface area contributed by atoms with E-state index in [-0.39, 0.29) is 5.91 Å². The van der Waals surface area contributed by atoms with E-state index in [4.69, 9.17) is 4.74 Å². The van der Waals surface area contributed by atoms with Crippen LogP contribution < -0.4 is 9.75 Å². The summed E-state index contributed by atoms with van der Waals surface area (Å²) in [5, 5.41) is 6.43. The molecule has 0 saturated carbocycles. The second-order valence-corrected chi connectivity index (χ2v) is 8.75. The highest BCUT2D eigenvalue weighted by Gasteiger charge is 2.22. The van der Waals surface area contributed by atoms with Crippen molar-refractivity contribution < 1.29 is 9.53 Å². The predicted molar refractivity (Wildman–Crippen MR) is 131 cm³/mol. The number of aryl methyl sites for hydroxylation is 1. The smallest absolute Gasteiger partial charge is 0.281 e. The first-order valence-electron chi connectivity index (χ1n) is 9.19. The zero-order valence-electron chi connectivity index (χ0n) is 16.4. The highest BCUT2D eigenvalue weighted by molar-refractivity contribution is 14.1. The van der Waals surface area contributed by atoms with E-state index in [0.717, 1.165) is 30.7 Å². The van der Waals surface area contributed by atoms with Crippen molar-refractivity contribution in [1.82, 2.24) is 4.98 Å². The highest BCUT2D eigenvalue weighted by atomic mass is 127. The Labute approximate surface area is 192 Å². The van der Waals surface area contributed by atoms with Gasteiger partial charge in [0, 0.05) is 3.57 Å². The van der Waals surface area contributed by atoms with Crippen molar-refractivity contribution in [3.63, 3.8) is 0 Å². The van der Waals surface area contributed by atoms with Crippen LogP contribution in [-0.2, 0) is 0 Å². The van der Waals surface area contributed by atoms with Crippen LogP contribution in [0.15, 0.2) is 71.8 Å². The van der Waals surface area contributed by atoms with Crippen LogP contribution in [-0.4, -0.2) is 24.2 Å². The fraction of sp³-hybridized carbons (Fsp3) is 0.0870. The molecule has 4 rings (SSSR count). The largest absolute Gasteiger partial charge is 0.497 e. The summed E-state index contributed by atoms with van der Waals surface area (Å²) in [7, 11) is 1.62. The molecule has 0 unspecified atom stereocenters. The number of carbonyl (C=O) groups excluding carboxylic acids is 1. The zero-order valence-corrected chi connectivity index (χ0v) is 19.3. The lowest BCUT2D eigenvalue weighted by atomic mass is 10.2. The number of rotatable bonds is 5. The number of benzene rings is 3. The topological polar surface area (TPSA) is 54.8 Å². The number of anilines is 1. The van der Waals surface area contributed by atoms with Crippen LogP contribution in [0, 0.1) is 10.5 Å². The summed E-state index contributed by atoms with van der Waals surface area (Å²) >= 11 is 3.61. The van der Waals surface area contributed by atoms with E-state index in [1.54, 1.807) is 19.4 Å². The normalized spacial score (nSPS) is 11.2. The molecule has 30 heavy (non-hydrogen) atoms. The standard InChI is InChI=1S/C23H18IN3O2S/c1-15-7-12-20-21(13-15)30-23(26-20)27(22(28)18-5-3-4-6-19(18)24)25-14-16-8-10-17(29-2)11-9-16/h3-14H,1-2H3/b25-14+. The Morgan fingerprint density at radius 1 is 1.13 bits per heavy atom. The molecule has 0 N–H and O–H groups in total. The number of thiazole rings is 1. The Hall–Kier alpha value is -2.78. The van der Waals surface area contributed by atoms with E-state index in [2.05, 4.69) is 38.7 Å². The Balaban J connectivity index is 1.75. The van der Waals surface area contributed by atoms with Crippen molar-refractivity contribution in [2.45, 2.75) is 6.92 Å². The molecule has 0 fully saturated rings. The van der Waals surface area contributed by atoms with Crippen LogP contribution in [0.2, 0.25) is 0 Å². The third-order valence-corrected chi connectivity index (χ3v) is 6.38. The number of fused-ring (bicyclic) bond motifs is 1. The van der Waals surface area contributed by atoms with Gasteiger partial charge in [0.25, 0.3) is 5.91 Å². The fourth-order valence-corrected chi connectivity index (χ4v) is 4.50. The number of hydrazone groups is 1. The van der Waals surface area contributed by atoms with Crippen LogP contribution in [0.25, 0.3) is 10.2 Å². The zero-order chi connectivity index (χ0) is 21.1. The first-order valence-corrected chi connectivity index (χ1v) is 11.1. The van der Waals surface area contributed by atoms with Gasteiger partial charge in [-0.25, -0.2) is 4.98 Å². The van der Waals surface area contributed by atoms with E-state index in [0.29, 0.717) is 10.7 Å². The molecule has 0 aliphatic heterocycles. The molecule has 0 atom stereocenters. The van der Waals surface area contributed by atoms with Gasteiger partial charge in [0.15, 0.2) is 0 Å². The average Bonchev–Trinajstić information content (AvgIpc) is 3.17. The van der Waals surface area contributed by atoms with Gasteiger partial charge in [-0.2, -0.15) is 10.1 Å². The van der Waals surface area contributed by atoms with Crippen molar-refractivity contribution in [3.8, 4) is 5.75 Å². The Bertz CT molecular complexity index is 1230.